The lowest BCUT2D eigenvalue weighted by molar-refractivity contribution is 0.0600. The average molecular weight is 243 g/mol. The van der Waals surface area contributed by atoms with E-state index in [1.165, 1.54) is 13.3 Å². The van der Waals surface area contributed by atoms with Crippen LogP contribution in [0.2, 0.25) is 5.02 Å². The molecule has 0 radical (unpaired) electrons. The molecule has 0 aromatic carbocycles. The largest absolute Gasteiger partial charge is 0.465 e. The van der Waals surface area contributed by atoms with Crippen LogP contribution in [0.1, 0.15) is 10.4 Å². The number of aromatic nitrogens is 2. The molecule has 0 aliphatic carbocycles. The van der Waals surface area contributed by atoms with Gasteiger partial charge in [0.2, 0.25) is 0 Å². The first-order valence-electron chi connectivity index (χ1n) is 4.14. The molecule has 4 nitrogen and oxygen atoms in total. The summed E-state index contributed by atoms with van der Waals surface area (Å²) in [6.07, 6.45) is 3.21. The van der Waals surface area contributed by atoms with Crippen LogP contribution in [0.4, 0.5) is 0 Å². The number of ether oxygens (including phenoxy) is 1. The summed E-state index contributed by atoms with van der Waals surface area (Å²) in [4.78, 5) is 15.5. The number of pyridine rings is 1. The van der Waals surface area contributed by atoms with Crippen molar-refractivity contribution in [3.63, 3.8) is 0 Å². The number of esters is 1. The number of methoxy groups -OCH3 is 1. The molecule has 2 heterocycles. The molecule has 6 heteroatoms. The highest BCUT2D eigenvalue weighted by atomic mass is 35.5. The highest BCUT2D eigenvalue weighted by Gasteiger charge is 2.15. The molecule has 15 heavy (non-hydrogen) atoms. The van der Waals surface area contributed by atoms with E-state index in [0.29, 0.717) is 10.7 Å². The normalized spacial score (nSPS) is 10.6. The monoisotopic (exact) mass is 242 g/mol. The topological polar surface area (TPSA) is 44.1 Å². The predicted octanol–water partition coefficient (Wildman–Crippen LogP) is 2.11. The Morgan fingerprint density at radius 1 is 1.67 bits per heavy atom. The first-order chi connectivity index (χ1) is 7.15. The molecule has 0 aliphatic heterocycles. The van der Waals surface area contributed by atoms with Crippen molar-refractivity contribution in [3.8, 4) is 0 Å². The molecular formula is C9H8ClN2O2P. The molecule has 0 N–H and O–H groups in total. The van der Waals surface area contributed by atoms with Gasteiger partial charge >= 0.3 is 5.97 Å². The van der Waals surface area contributed by atoms with Crippen LogP contribution in [0.3, 0.4) is 0 Å². The minimum absolute atomic E-state index is 0.280. The molecule has 2 aromatic rings. The Morgan fingerprint density at radius 2 is 2.40 bits per heavy atom. The zero-order valence-corrected chi connectivity index (χ0v) is 9.81. The van der Waals surface area contributed by atoms with E-state index in [1.807, 2.05) is 0 Å². The lowest BCUT2D eigenvalue weighted by Crippen LogP contribution is -2.03. The minimum atomic E-state index is -0.481. The number of rotatable bonds is 1. The minimum Gasteiger partial charge on any atom is -0.465 e. The molecule has 1 atom stereocenters. The van der Waals surface area contributed by atoms with Crippen molar-refractivity contribution in [1.82, 2.24) is 9.32 Å². The maximum absolute atomic E-state index is 11.3. The highest BCUT2D eigenvalue weighted by Crippen LogP contribution is 2.27. The van der Waals surface area contributed by atoms with Crippen LogP contribution in [0.5, 0.6) is 0 Å². The van der Waals surface area contributed by atoms with Crippen LogP contribution >= 0.6 is 21.0 Å². The molecule has 0 fully saturated rings. The van der Waals surface area contributed by atoms with Crippen LogP contribution < -0.4 is 0 Å². The number of hydrogen-bond donors (Lipinski definition) is 0. The van der Waals surface area contributed by atoms with Gasteiger partial charge in [0.05, 0.1) is 17.7 Å². The summed E-state index contributed by atoms with van der Waals surface area (Å²) in [5.74, 6) is -0.481. The summed E-state index contributed by atoms with van der Waals surface area (Å²) < 4.78 is 6.35. The average Bonchev–Trinajstić information content (AvgIpc) is 2.61. The fourth-order valence-electron chi connectivity index (χ4n) is 1.33. The van der Waals surface area contributed by atoms with Gasteiger partial charge in [-0.2, -0.15) is 0 Å². The van der Waals surface area contributed by atoms with Crippen molar-refractivity contribution in [3.05, 3.63) is 29.0 Å². The summed E-state index contributed by atoms with van der Waals surface area (Å²) >= 11 is 6.07. The van der Waals surface area contributed by atoms with Gasteiger partial charge in [0, 0.05) is 17.8 Å². The summed E-state index contributed by atoms with van der Waals surface area (Å²) in [5.41, 5.74) is 0.987. The molecular weight excluding hydrogens is 235 g/mol. The quantitative estimate of drug-likeness (QED) is 0.568. The number of hydrogen-bond acceptors (Lipinski definition) is 3. The molecule has 1 unspecified atom stereocenters. The van der Waals surface area contributed by atoms with E-state index in [0.717, 1.165) is 5.39 Å². The van der Waals surface area contributed by atoms with Crippen molar-refractivity contribution in [2.45, 2.75) is 0 Å². The summed E-state index contributed by atoms with van der Waals surface area (Å²) in [5, 5.41) is 1.10. The van der Waals surface area contributed by atoms with E-state index in [1.54, 1.807) is 16.6 Å². The number of halogens is 1. The summed E-state index contributed by atoms with van der Waals surface area (Å²) in [6.45, 7) is 0. The maximum Gasteiger partial charge on any atom is 0.340 e. The summed E-state index contributed by atoms with van der Waals surface area (Å²) in [6, 6.07) is 1.80. The standard InChI is InChI=1S/C9H8ClN2O2P/c1-14-9(13)6-4-11-8-5(7(6)10)2-3-12(8)15/h2-4H,15H2,1H3. The number of fused-ring (bicyclic) bond motifs is 1. The van der Waals surface area contributed by atoms with Gasteiger partial charge in [-0.15, -0.1) is 0 Å². The molecule has 78 valence electrons. The Morgan fingerprint density at radius 3 is 3.07 bits per heavy atom. The second-order valence-electron chi connectivity index (χ2n) is 2.94. The fraction of sp³-hybridized carbons (Fsp3) is 0.111. The van der Waals surface area contributed by atoms with Crippen LogP contribution in [0, 0.1) is 0 Å². The fourth-order valence-corrected chi connectivity index (χ4v) is 1.89. The van der Waals surface area contributed by atoms with Crippen LogP contribution in [-0.4, -0.2) is 22.4 Å². The maximum atomic E-state index is 11.3. The lowest BCUT2D eigenvalue weighted by atomic mass is 10.2. The van der Waals surface area contributed by atoms with Crippen LogP contribution in [-0.2, 0) is 4.74 Å². The van der Waals surface area contributed by atoms with Crippen molar-refractivity contribution in [1.29, 1.82) is 0 Å². The van der Waals surface area contributed by atoms with Gasteiger partial charge in [-0.25, -0.2) is 9.78 Å². The van der Waals surface area contributed by atoms with E-state index in [9.17, 15) is 4.79 Å². The highest BCUT2D eigenvalue weighted by molar-refractivity contribution is 7.14. The van der Waals surface area contributed by atoms with Gasteiger partial charge in [0.1, 0.15) is 5.65 Å². The third kappa shape index (κ3) is 1.60. The van der Waals surface area contributed by atoms with Crippen LogP contribution in [0.15, 0.2) is 18.5 Å². The van der Waals surface area contributed by atoms with Gasteiger partial charge in [-0.1, -0.05) is 11.6 Å². The first-order valence-corrected chi connectivity index (χ1v) is 5.03. The zero-order chi connectivity index (χ0) is 11.0. The van der Waals surface area contributed by atoms with E-state index in [2.05, 4.69) is 19.1 Å². The van der Waals surface area contributed by atoms with E-state index >= 15 is 0 Å². The number of nitrogens with zero attached hydrogens (tertiary/aromatic N) is 2. The summed E-state index contributed by atoms with van der Waals surface area (Å²) in [7, 11) is 3.79. The van der Waals surface area contributed by atoms with Gasteiger partial charge in [0.15, 0.2) is 0 Å². The molecule has 0 saturated heterocycles. The van der Waals surface area contributed by atoms with Crippen molar-refractivity contribution < 1.29 is 9.53 Å². The van der Waals surface area contributed by atoms with Gasteiger partial charge in [0.25, 0.3) is 0 Å². The Bertz CT molecular complexity index is 538. The number of carbonyl (C=O) groups is 1. The Kier molecular flexibility index (Phi) is 2.63. The molecule has 2 aromatic heterocycles. The van der Waals surface area contributed by atoms with Gasteiger partial charge in [-0.05, 0) is 15.5 Å². The van der Waals surface area contributed by atoms with Crippen molar-refractivity contribution >= 4 is 38.0 Å². The van der Waals surface area contributed by atoms with E-state index in [-0.39, 0.29) is 5.56 Å². The third-order valence-electron chi connectivity index (χ3n) is 2.08. The predicted molar refractivity (Wildman–Crippen MR) is 61.2 cm³/mol. The molecule has 0 spiro atoms. The van der Waals surface area contributed by atoms with E-state index in [4.69, 9.17) is 11.6 Å². The first kappa shape index (κ1) is 10.4. The Balaban J connectivity index is 2.71. The molecule has 0 bridgehead atoms. The third-order valence-corrected chi connectivity index (χ3v) is 2.91. The van der Waals surface area contributed by atoms with Gasteiger partial charge in [-0.3, -0.25) is 0 Å². The zero-order valence-electron chi connectivity index (χ0n) is 7.90. The SMILES string of the molecule is COC(=O)c1cnc2c(ccn2P)c1Cl. The second-order valence-corrected chi connectivity index (χ2v) is 3.87. The Labute approximate surface area is 93.4 Å². The van der Waals surface area contributed by atoms with Crippen molar-refractivity contribution in [2.75, 3.05) is 7.11 Å². The molecule has 0 aliphatic rings. The number of carbonyl (C=O) groups excluding carboxylic acids is 1. The van der Waals surface area contributed by atoms with E-state index < -0.39 is 5.97 Å². The van der Waals surface area contributed by atoms with Gasteiger partial charge < -0.3 is 9.07 Å². The van der Waals surface area contributed by atoms with Crippen LogP contribution in [0.25, 0.3) is 11.0 Å². The lowest BCUT2D eigenvalue weighted by Gasteiger charge is -2.03. The smallest absolute Gasteiger partial charge is 0.340 e. The van der Waals surface area contributed by atoms with Crippen molar-refractivity contribution in [2.24, 2.45) is 0 Å². The Hall–Kier alpha value is -1.12. The molecule has 0 saturated carbocycles. The molecule has 0 amide bonds. The molecule has 2 rings (SSSR count). The second kappa shape index (κ2) is 3.80.